The molecule has 0 spiro atoms. The van der Waals surface area contributed by atoms with E-state index < -0.39 is 0 Å². The molecular formula is C48H76F2N4. The minimum atomic E-state index is -0.266. The molecule has 54 heavy (non-hydrogen) atoms. The largest absolute Gasteiger partial charge is 0.365 e. The first-order chi connectivity index (χ1) is 26.3. The Morgan fingerprint density at radius 3 is 2.20 bits per heavy atom. The Morgan fingerprint density at radius 2 is 1.59 bits per heavy atom. The Bertz CT molecular complexity index is 1650. The zero-order chi connectivity index (χ0) is 40.6. The standard InChI is InChI=1S/C38H46F2N4.5C2H6/c1-5-7-8-16-44-35-21-26(6-2)20-31(40)37(35)41-36(44)24-42-17-18-43(34-15-14-33(34)42)32-11-9-10-27-22-38(4,23-28(27)32)29-13-12-25(3)19-30(29)39;5*1-2/h6,9-13,20-21,25,33-34H,2,5,7-8,14-19,22-24H2,1,3-4H3;5*1-2H3. The molecule has 4 nitrogen and oxygen atoms in total. The van der Waals surface area contributed by atoms with Crippen LogP contribution in [0.3, 0.4) is 0 Å². The number of hydrogen-bond acceptors (Lipinski definition) is 3. The summed E-state index contributed by atoms with van der Waals surface area (Å²) >= 11 is 0. The third-order valence-electron chi connectivity index (χ3n) is 10.9. The molecule has 302 valence electrons. The highest BCUT2D eigenvalue weighted by atomic mass is 19.1. The Balaban J connectivity index is 0.000000934. The number of nitrogens with zero attached hydrogens (tertiary/aromatic N) is 4. The van der Waals surface area contributed by atoms with E-state index in [1.54, 1.807) is 12.1 Å². The highest BCUT2D eigenvalue weighted by Crippen LogP contribution is 2.50. The fraction of sp³-hybridized carbons (Fsp3) is 0.604. The molecule has 0 N–H and O–H groups in total. The van der Waals surface area contributed by atoms with Crippen LogP contribution in [0.15, 0.2) is 60.5 Å². The van der Waals surface area contributed by atoms with Crippen molar-refractivity contribution < 1.29 is 8.78 Å². The lowest BCUT2D eigenvalue weighted by molar-refractivity contribution is 0.0627. The number of halogens is 2. The number of aryl methyl sites for hydroxylation is 1. The van der Waals surface area contributed by atoms with Crippen molar-refractivity contribution in [2.75, 3.05) is 18.0 Å². The number of anilines is 1. The molecule has 7 rings (SSSR count). The number of fused-ring (bicyclic) bond motifs is 3. The minimum absolute atomic E-state index is 0.0749. The number of piperazine rings is 1. The number of benzene rings is 2. The number of unbranched alkanes of at least 4 members (excludes halogenated alkanes) is 2. The van der Waals surface area contributed by atoms with Crippen LogP contribution >= 0.6 is 0 Å². The second-order valence-corrected chi connectivity index (χ2v) is 14.0. The van der Waals surface area contributed by atoms with Gasteiger partial charge in [-0.2, -0.15) is 0 Å². The summed E-state index contributed by atoms with van der Waals surface area (Å²) in [5.74, 6) is 1.05. The minimum Gasteiger partial charge on any atom is -0.365 e. The van der Waals surface area contributed by atoms with Gasteiger partial charge >= 0.3 is 0 Å². The topological polar surface area (TPSA) is 24.3 Å². The SMILES string of the molecule is C=Cc1cc(F)c2nc(CN3CCN(c4cccc5c4CC(C)(C4=C(F)CC(C)C=C4)C5)C4CCC43)n(CCCCC)c2c1.CC.CC.CC.CC.CC. The number of allylic oxidation sites excluding steroid dienone is 4. The van der Waals surface area contributed by atoms with Gasteiger partial charge in [-0.1, -0.05) is 140 Å². The van der Waals surface area contributed by atoms with Crippen LogP contribution in [-0.4, -0.2) is 39.6 Å². The van der Waals surface area contributed by atoms with Gasteiger partial charge in [0.1, 0.15) is 17.2 Å². The van der Waals surface area contributed by atoms with Gasteiger partial charge in [0.25, 0.3) is 0 Å². The highest BCUT2D eigenvalue weighted by molar-refractivity contribution is 5.80. The molecule has 0 bridgehead atoms. The van der Waals surface area contributed by atoms with Crippen molar-refractivity contribution in [3.63, 3.8) is 0 Å². The van der Waals surface area contributed by atoms with Gasteiger partial charge in [0.15, 0.2) is 5.82 Å². The van der Waals surface area contributed by atoms with Crippen LogP contribution in [0.4, 0.5) is 14.5 Å². The Labute approximate surface area is 329 Å². The van der Waals surface area contributed by atoms with Crippen molar-refractivity contribution in [1.29, 1.82) is 0 Å². The van der Waals surface area contributed by atoms with Crippen molar-refractivity contribution in [2.24, 2.45) is 11.3 Å². The summed E-state index contributed by atoms with van der Waals surface area (Å²) in [7, 11) is 0. The van der Waals surface area contributed by atoms with E-state index in [2.05, 4.69) is 72.1 Å². The van der Waals surface area contributed by atoms with E-state index in [4.69, 9.17) is 4.98 Å². The Morgan fingerprint density at radius 1 is 0.907 bits per heavy atom. The molecule has 1 saturated heterocycles. The molecular weight excluding hydrogens is 671 g/mol. The second kappa shape index (κ2) is 23.0. The van der Waals surface area contributed by atoms with Crippen LogP contribution in [0.1, 0.15) is 151 Å². The highest BCUT2D eigenvalue weighted by Gasteiger charge is 2.46. The summed E-state index contributed by atoms with van der Waals surface area (Å²) < 4.78 is 32.6. The van der Waals surface area contributed by atoms with Gasteiger partial charge in [0, 0.05) is 49.2 Å². The molecule has 2 heterocycles. The molecule has 2 fully saturated rings. The van der Waals surface area contributed by atoms with Crippen molar-refractivity contribution in [3.05, 3.63) is 88.8 Å². The summed E-state index contributed by atoms with van der Waals surface area (Å²) in [4.78, 5) is 10.1. The predicted octanol–water partition coefficient (Wildman–Crippen LogP) is 13.9. The maximum Gasteiger partial charge on any atom is 0.151 e. The molecule has 1 aliphatic heterocycles. The van der Waals surface area contributed by atoms with Crippen molar-refractivity contribution in [3.8, 4) is 0 Å². The van der Waals surface area contributed by atoms with Crippen LogP contribution in [0.25, 0.3) is 17.1 Å². The summed E-state index contributed by atoms with van der Waals surface area (Å²) in [6.45, 7) is 33.9. The van der Waals surface area contributed by atoms with E-state index >= 15 is 8.78 Å². The van der Waals surface area contributed by atoms with Gasteiger partial charge in [0.2, 0.25) is 0 Å². The zero-order valence-electron chi connectivity index (χ0n) is 36.6. The van der Waals surface area contributed by atoms with Crippen LogP contribution in [-0.2, 0) is 25.9 Å². The van der Waals surface area contributed by atoms with Crippen molar-refractivity contribution in [1.82, 2.24) is 14.5 Å². The average molecular weight is 747 g/mol. The molecule has 1 saturated carbocycles. The van der Waals surface area contributed by atoms with Crippen LogP contribution in [0, 0.1) is 17.2 Å². The van der Waals surface area contributed by atoms with Crippen molar-refractivity contribution >= 4 is 22.8 Å². The summed E-state index contributed by atoms with van der Waals surface area (Å²) in [6, 6.07) is 11.2. The normalized spacial score (nSPS) is 22.3. The van der Waals surface area contributed by atoms with Gasteiger partial charge < -0.3 is 9.47 Å². The maximum atomic E-state index is 15.2. The zero-order valence-corrected chi connectivity index (χ0v) is 36.6. The van der Waals surface area contributed by atoms with Crippen LogP contribution in [0.5, 0.6) is 0 Å². The first kappa shape index (κ1) is 46.9. The predicted molar refractivity (Wildman–Crippen MR) is 234 cm³/mol. The molecule has 4 aliphatic rings. The molecule has 6 heteroatoms. The van der Waals surface area contributed by atoms with E-state index in [1.165, 1.54) is 29.7 Å². The fourth-order valence-corrected chi connectivity index (χ4v) is 8.42. The molecule has 3 aliphatic carbocycles. The van der Waals surface area contributed by atoms with E-state index in [9.17, 15) is 0 Å². The Hall–Kier alpha value is -3.25. The molecule has 1 aromatic heterocycles. The van der Waals surface area contributed by atoms with Gasteiger partial charge in [-0.3, -0.25) is 4.90 Å². The number of imidazole rings is 1. The molecule has 0 amide bonds. The lowest BCUT2D eigenvalue weighted by Gasteiger charge is -2.55. The monoisotopic (exact) mass is 747 g/mol. The smallest absolute Gasteiger partial charge is 0.151 e. The number of rotatable bonds is 9. The lowest BCUT2D eigenvalue weighted by Crippen LogP contribution is -2.64. The van der Waals surface area contributed by atoms with E-state index in [1.807, 2.05) is 75.3 Å². The van der Waals surface area contributed by atoms with Crippen LogP contribution < -0.4 is 4.90 Å². The van der Waals surface area contributed by atoms with E-state index in [-0.39, 0.29) is 23.0 Å². The second-order valence-electron chi connectivity index (χ2n) is 14.0. The first-order valence-electron chi connectivity index (χ1n) is 21.8. The third kappa shape index (κ3) is 10.1. The lowest BCUT2D eigenvalue weighted by atomic mass is 9.75. The first-order valence-corrected chi connectivity index (χ1v) is 21.8. The third-order valence-corrected chi connectivity index (χ3v) is 10.9. The van der Waals surface area contributed by atoms with Crippen molar-refractivity contribution in [2.45, 2.75) is 167 Å². The van der Waals surface area contributed by atoms with E-state index in [0.717, 1.165) is 80.8 Å². The van der Waals surface area contributed by atoms with Gasteiger partial charge in [0.05, 0.1) is 12.1 Å². The molecule has 2 aromatic carbocycles. The Kier molecular flexibility index (Phi) is 19.9. The van der Waals surface area contributed by atoms with Crippen LogP contribution in [0.2, 0.25) is 0 Å². The average Bonchev–Trinajstić information content (AvgIpc) is 3.73. The van der Waals surface area contributed by atoms with E-state index in [0.29, 0.717) is 24.0 Å². The van der Waals surface area contributed by atoms with Gasteiger partial charge in [-0.25, -0.2) is 13.8 Å². The summed E-state index contributed by atoms with van der Waals surface area (Å²) in [5, 5.41) is 0. The fourth-order valence-electron chi connectivity index (χ4n) is 8.42. The van der Waals surface area contributed by atoms with Gasteiger partial charge in [-0.15, -0.1) is 0 Å². The van der Waals surface area contributed by atoms with Gasteiger partial charge in [-0.05, 0) is 78.5 Å². The molecule has 4 atom stereocenters. The molecule has 3 aromatic rings. The number of aromatic nitrogens is 2. The quantitative estimate of drug-likeness (QED) is 0.204. The summed E-state index contributed by atoms with van der Waals surface area (Å²) in [6.07, 6.45) is 13.9. The number of hydrogen-bond donors (Lipinski definition) is 0. The summed E-state index contributed by atoms with van der Waals surface area (Å²) in [5.41, 5.74) is 6.99. The maximum absolute atomic E-state index is 15.2. The molecule has 4 unspecified atom stereocenters. The molecule has 0 radical (unpaired) electrons.